The second-order valence-corrected chi connectivity index (χ2v) is 11.5. The van der Waals surface area contributed by atoms with Crippen LogP contribution in [0.15, 0.2) is 36.8 Å². The maximum atomic E-state index is 14.7. The standard InChI is InChI=1S/C28H34FN7O4/c1-28(2,40)24(29)16-35-15-17-10-22(32-26(38)21-14-31-36-5-3-4-30-25(21)36)23(13-20(17)27(35)39)34-8-6-33(7-9-34)18-11-19(37)12-18/h3-5,10,13-14,18-19,24,37,40H,6-9,11-12,15-16H2,1-2H3,(H,32,38)/t18-,19-,24-/m1/s1. The Hall–Kier alpha value is -3.61. The molecule has 212 valence electrons. The molecule has 11 nitrogen and oxygen atoms in total. The van der Waals surface area contributed by atoms with Crippen LogP contribution in [-0.2, 0) is 6.54 Å². The van der Waals surface area contributed by atoms with Gasteiger partial charge < -0.3 is 25.3 Å². The third kappa shape index (κ3) is 4.91. The summed E-state index contributed by atoms with van der Waals surface area (Å²) in [6, 6.07) is 5.71. The van der Waals surface area contributed by atoms with Crippen molar-refractivity contribution in [3.05, 3.63) is 53.5 Å². The lowest BCUT2D eigenvalue weighted by Crippen LogP contribution is -2.55. The zero-order valence-electron chi connectivity index (χ0n) is 22.6. The minimum atomic E-state index is -1.61. The largest absolute Gasteiger partial charge is 0.393 e. The Morgan fingerprint density at radius 3 is 2.67 bits per heavy atom. The van der Waals surface area contributed by atoms with Crippen LogP contribution in [0.2, 0.25) is 0 Å². The normalized spacial score (nSPS) is 22.4. The number of benzene rings is 1. The molecule has 3 aromatic rings. The number of fused-ring (bicyclic) bond motifs is 2. The molecule has 0 bridgehead atoms. The SMILES string of the molecule is CC(C)(O)[C@H](F)CN1Cc2cc(NC(=O)c3cnn4cccnc34)c(N3CCN([C@H]4C[C@H](O)C4)CC3)cc2C1=O. The van der Waals surface area contributed by atoms with Crippen LogP contribution in [-0.4, -0.2) is 103 Å². The van der Waals surface area contributed by atoms with Crippen LogP contribution in [0.5, 0.6) is 0 Å². The number of aromatic nitrogens is 3. The summed E-state index contributed by atoms with van der Waals surface area (Å²) in [6.45, 7) is 5.71. The molecule has 1 atom stereocenters. The lowest BCUT2D eigenvalue weighted by Gasteiger charge is -2.45. The first-order valence-electron chi connectivity index (χ1n) is 13.7. The number of carbonyl (C=O) groups excluding carboxylic acids is 2. The molecular formula is C28H34FN7O4. The number of nitrogens with one attached hydrogen (secondary N) is 1. The summed E-state index contributed by atoms with van der Waals surface area (Å²) in [5.41, 5.74) is 1.62. The molecule has 12 heteroatoms. The Bertz CT molecular complexity index is 1440. The van der Waals surface area contributed by atoms with Crippen LogP contribution in [0, 0.1) is 0 Å². The Balaban J connectivity index is 1.28. The van der Waals surface area contributed by atoms with Gasteiger partial charge >= 0.3 is 0 Å². The number of anilines is 2. The zero-order chi connectivity index (χ0) is 28.2. The molecule has 40 heavy (non-hydrogen) atoms. The highest BCUT2D eigenvalue weighted by atomic mass is 19.1. The Morgan fingerprint density at radius 2 is 1.98 bits per heavy atom. The third-order valence-electron chi connectivity index (χ3n) is 8.28. The number of carbonyl (C=O) groups is 2. The lowest BCUT2D eigenvalue weighted by molar-refractivity contribution is -0.0159. The summed E-state index contributed by atoms with van der Waals surface area (Å²) in [7, 11) is 0. The second-order valence-electron chi connectivity index (χ2n) is 11.5. The molecule has 2 amide bonds. The van der Waals surface area contributed by atoms with Gasteiger partial charge in [-0.2, -0.15) is 5.10 Å². The molecule has 0 unspecified atom stereocenters. The van der Waals surface area contributed by atoms with E-state index in [1.54, 1.807) is 30.6 Å². The van der Waals surface area contributed by atoms with E-state index >= 15 is 0 Å². The average Bonchev–Trinajstić information content (AvgIpc) is 3.47. The van der Waals surface area contributed by atoms with Gasteiger partial charge in [0.25, 0.3) is 11.8 Å². The van der Waals surface area contributed by atoms with E-state index in [0.29, 0.717) is 47.2 Å². The first kappa shape index (κ1) is 26.6. The molecule has 1 saturated carbocycles. The highest BCUT2D eigenvalue weighted by Crippen LogP contribution is 2.36. The van der Waals surface area contributed by atoms with Crippen molar-refractivity contribution in [2.24, 2.45) is 0 Å². The first-order chi connectivity index (χ1) is 19.1. The number of nitrogens with zero attached hydrogens (tertiary/aromatic N) is 6. The maximum absolute atomic E-state index is 14.7. The van der Waals surface area contributed by atoms with Crippen molar-refractivity contribution in [2.75, 3.05) is 42.9 Å². The summed E-state index contributed by atoms with van der Waals surface area (Å²) in [5.74, 6) is -0.668. The van der Waals surface area contributed by atoms with Crippen LogP contribution in [0.1, 0.15) is 53.0 Å². The van der Waals surface area contributed by atoms with Gasteiger partial charge in [-0.3, -0.25) is 14.5 Å². The van der Waals surface area contributed by atoms with Crippen molar-refractivity contribution in [3.8, 4) is 0 Å². The number of aliphatic hydroxyl groups excluding tert-OH is 1. The summed E-state index contributed by atoms with van der Waals surface area (Å²) in [5, 5.41) is 27.0. The van der Waals surface area contributed by atoms with Gasteiger partial charge in [-0.25, -0.2) is 13.9 Å². The first-order valence-corrected chi connectivity index (χ1v) is 13.7. The fraction of sp³-hybridized carbons (Fsp3) is 0.500. The predicted molar refractivity (Wildman–Crippen MR) is 146 cm³/mol. The van der Waals surface area contributed by atoms with Crippen LogP contribution in [0.4, 0.5) is 15.8 Å². The predicted octanol–water partition coefficient (Wildman–Crippen LogP) is 1.69. The van der Waals surface area contributed by atoms with E-state index in [4.69, 9.17) is 0 Å². The molecule has 2 aliphatic heterocycles. The molecule has 2 fully saturated rings. The summed E-state index contributed by atoms with van der Waals surface area (Å²) in [4.78, 5) is 36.9. The molecule has 0 radical (unpaired) electrons. The molecule has 0 spiro atoms. The molecule has 3 aliphatic rings. The molecule has 1 aliphatic carbocycles. The average molecular weight is 552 g/mol. The van der Waals surface area contributed by atoms with E-state index in [2.05, 4.69) is 25.2 Å². The van der Waals surface area contributed by atoms with E-state index in [1.807, 2.05) is 0 Å². The quantitative estimate of drug-likeness (QED) is 0.405. The number of amides is 2. The number of hydrogen-bond donors (Lipinski definition) is 3. The maximum Gasteiger partial charge on any atom is 0.261 e. The van der Waals surface area contributed by atoms with Crippen LogP contribution in [0.3, 0.4) is 0 Å². The van der Waals surface area contributed by atoms with Gasteiger partial charge in [0, 0.05) is 56.7 Å². The highest BCUT2D eigenvalue weighted by Gasteiger charge is 2.37. The Morgan fingerprint density at radius 1 is 1.23 bits per heavy atom. The third-order valence-corrected chi connectivity index (χ3v) is 8.28. The molecule has 3 N–H and O–H groups in total. The number of aliphatic hydroxyl groups is 2. The van der Waals surface area contributed by atoms with Crippen molar-refractivity contribution < 1.29 is 24.2 Å². The number of halogens is 1. The van der Waals surface area contributed by atoms with E-state index in [0.717, 1.165) is 31.6 Å². The number of piperazine rings is 1. The number of alkyl halides is 1. The highest BCUT2D eigenvalue weighted by molar-refractivity contribution is 6.10. The van der Waals surface area contributed by atoms with Crippen molar-refractivity contribution in [3.63, 3.8) is 0 Å². The smallest absolute Gasteiger partial charge is 0.261 e. The van der Waals surface area contributed by atoms with E-state index in [1.165, 1.54) is 29.5 Å². The monoisotopic (exact) mass is 551 g/mol. The summed E-state index contributed by atoms with van der Waals surface area (Å²) in [6.07, 6.45) is 4.54. The molecular weight excluding hydrogens is 517 g/mol. The van der Waals surface area contributed by atoms with Gasteiger partial charge in [-0.05, 0) is 50.5 Å². The van der Waals surface area contributed by atoms with Gasteiger partial charge in [0.2, 0.25) is 0 Å². The Labute approximate surface area is 231 Å². The van der Waals surface area contributed by atoms with Crippen LogP contribution in [0.25, 0.3) is 5.65 Å². The summed E-state index contributed by atoms with van der Waals surface area (Å²) >= 11 is 0. The van der Waals surface area contributed by atoms with Crippen molar-refractivity contribution in [1.82, 2.24) is 24.4 Å². The van der Waals surface area contributed by atoms with Crippen molar-refractivity contribution >= 4 is 28.8 Å². The fourth-order valence-electron chi connectivity index (χ4n) is 5.70. The zero-order valence-corrected chi connectivity index (χ0v) is 22.6. The number of hydrogen-bond acceptors (Lipinski definition) is 8. The number of rotatable bonds is 7. The van der Waals surface area contributed by atoms with E-state index in [-0.39, 0.29) is 31.0 Å². The molecule has 1 aromatic carbocycles. The van der Waals surface area contributed by atoms with Gasteiger partial charge in [0.15, 0.2) is 5.65 Å². The Kier molecular flexibility index (Phi) is 6.71. The topological polar surface area (TPSA) is 127 Å². The van der Waals surface area contributed by atoms with Gasteiger partial charge in [-0.15, -0.1) is 0 Å². The van der Waals surface area contributed by atoms with Crippen molar-refractivity contribution in [1.29, 1.82) is 0 Å². The molecule has 6 rings (SSSR count). The summed E-state index contributed by atoms with van der Waals surface area (Å²) < 4.78 is 16.2. The fourth-order valence-corrected chi connectivity index (χ4v) is 5.70. The van der Waals surface area contributed by atoms with Crippen LogP contribution < -0.4 is 10.2 Å². The minimum Gasteiger partial charge on any atom is -0.393 e. The van der Waals surface area contributed by atoms with Crippen LogP contribution >= 0.6 is 0 Å². The van der Waals surface area contributed by atoms with Gasteiger partial charge in [0.1, 0.15) is 11.7 Å². The molecule has 4 heterocycles. The molecule has 2 aromatic heterocycles. The van der Waals surface area contributed by atoms with Gasteiger partial charge in [0.05, 0.1) is 35.8 Å². The van der Waals surface area contributed by atoms with E-state index in [9.17, 15) is 24.2 Å². The van der Waals surface area contributed by atoms with Crippen molar-refractivity contribution in [2.45, 2.75) is 57.2 Å². The van der Waals surface area contributed by atoms with Gasteiger partial charge in [-0.1, -0.05) is 0 Å². The molecule has 1 saturated heterocycles. The lowest BCUT2D eigenvalue weighted by atomic mass is 9.87. The minimum absolute atomic E-state index is 0.184. The second kappa shape index (κ2) is 10.1. The van der Waals surface area contributed by atoms with E-state index < -0.39 is 11.8 Å².